The van der Waals surface area contributed by atoms with Crippen molar-refractivity contribution >= 4 is 0 Å². The topological polar surface area (TPSA) is 35.2 Å². The summed E-state index contributed by atoms with van der Waals surface area (Å²) in [5, 5.41) is 0. The molecule has 0 aromatic heterocycles. The monoisotopic (exact) mass is 111 g/mol. The average Bonchev–Trinajstić information content (AvgIpc) is 1.83. The fourth-order valence-electron chi connectivity index (χ4n) is 0.232. The van der Waals surface area contributed by atoms with Crippen LogP contribution in [0.5, 0.6) is 0 Å². The summed E-state index contributed by atoms with van der Waals surface area (Å²) in [6.45, 7) is 2.20. The fourth-order valence-corrected chi connectivity index (χ4v) is 0.232. The standard InChI is InChI=1S/C6H9NO/c1-3-6(2)4-5-8-7/h1,4H,5,7H2,2H3. The van der Waals surface area contributed by atoms with Crippen molar-refractivity contribution in [3.05, 3.63) is 11.6 Å². The minimum absolute atomic E-state index is 0.385. The maximum Gasteiger partial charge on any atom is 0.0872 e. The molecule has 2 nitrogen and oxygen atoms in total. The zero-order chi connectivity index (χ0) is 6.41. The Bertz CT molecular complexity index is 121. The number of rotatable bonds is 2. The van der Waals surface area contributed by atoms with Gasteiger partial charge in [0, 0.05) is 0 Å². The van der Waals surface area contributed by atoms with Gasteiger partial charge in [-0.05, 0) is 18.6 Å². The SMILES string of the molecule is C#CC(C)=CCON. The van der Waals surface area contributed by atoms with Gasteiger partial charge in [-0.1, -0.05) is 5.92 Å². The van der Waals surface area contributed by atoms with E-state index in [1.165, 1.54) is 0 Å². The predicted molar refractivity (Wildman–Crippen MR) is 32.7 cm³/mol. The zero-order valence-electron chi connectivity index (χ0n) is 4.85. The molecule has 2 N–H and O–H groups in total. The lowest BCUT2D eigenvalue weighted by molar-refractivity contribution is 0.167. The number of allylic oxidation sites excluding steroid dienone is 1. The molecule has 0 aromatic carbocycles. The van der Waals surface area contributed by atoms with E-state index in [1.807, 2.05) is 6.92 Å². The Kier molecular flexibility index (Phi) is 3.95. The van der Waals surface area contributed by atoms with Gasteiger partial charge in [-0.3, -0.25) is 0 Å². The lowest BCUT2D eigenvalue weighted by atomic mass is 10.3. The van der Waals surface area contributed by atoms with Crippen LogP contribution in [0.1, 0.15) is 6.92 Å². The Morgan fingerprint density at radius 1 is 2.00 bits per heavy atom. The van der Waals surface area contributed by atoms with E-state index < -0.39 is 0 Å². The summed E-state index contributed by atoms with van der Waals surface area (Å²) in [6, 6.07) is 0. The van der Waals surface area contributed by atoms with Crippen LogP contribution in [0, 0.1) is 12.3 Å². The zero-order valence-corrected chi connectivity index (χ0v) is 4.85. The minimum atomic E-state index is 0.385. The highest BCUT2D eigenvalue weighted by Gasteiger charge is 1.76. The molecular weight excluding hydrogens is 102 g/mol. The van der Waals surface area contributed by atoms with E-state index in [-0.39, 0.29) is 0 Å². The number of terminal acetylenes is 1. The third-order valence-electron chi connectivity index (χ3n) is 0.713. The molecule has 0 amide bonds. The van der Waals surface area contributed by atoms with Crippen molar-refractivity contribution in [2.24, 2.45) is 5.90 Å². The van der Waals surface area contributed by atoms with Gasteiger partial charge in [-0.25, -0.2) is 5.90 Å². The lowest BCUT2D eigenvalue weighted by Gasteiger charge is -1.86. The largest absolute Gasteiger partial charge is 0.300 e. The first-order chi connectivity index (χ1) is 3.81. The van der Waals surface area contributed by atoms with Crippen molar-refractivity contribution < 1.29 is 4.84 Å². The first kappa shape index (κ1) is 7.22. The normalized spacial score (nSPS) is 10.9. The molecule has 0 aliphatic heterocycles. The molecular formula is C6H9NO. The minimum Gasteiger partial charge on any atom is -0.300 e. The molecule has 44 valence electrons. The predicted octanol–water partition coefficient (Wildman–Crippen LogP) is 0.456. The van der Waals surface area contributed by atoms with Crippen LogP contribution in [-0.4, -0.2) is 6.61 Å². The molecule has 0 radical (unpaired) electrons. The Labute approximate surface area is 49.3 Å². The van der Waals surface area contributed by atoms with Crippen LogP contribution in [0.25, 0.3) is 0 Å². The fraction of sp³-hybridized carbons (Fsp3) is 0.333. The van der Waals surface area contributed by atoms with Crippen molar-refractivity contribution in [1.82, 2.24) is 0 Å². The van der Waals surface area contributed by atoms with Crippen molar-refractivity contribution in [3.63, 3.8) is 0 Å². The maximum atomic E-state index is 5.00. The van der Waals surface area contributed by atoms with Gasteiger partial charge in [0.2, 0.25) is 0 Å². The summed E-state index contributed by atoms with van der Waals surface area (Å²) in [4.78, 5) is 4.24. The van der Waals surface area contributed by atoms with Crippen molar-refractivity contribution in [2.45, 2.75) is 6.92 Å². The summed E-state index contributed by atoms with van der Waals surface area (Å²) < 4.78 is 0. The van der Waals surface area contributed by atoms with Gasteiger partial charge in [0.15, 0.2) is 0 Å². The first-order valence-electron chi connectivity index (χ1n) is 2.26. The van der Waals surface area contributed by atoms with Gasteiger partial charge in [-0.15, -0.1) is 6.42 Å². The molecule has 0 saturated carbocycles. The second kappa shape index (κ2) is 4.38. The van der Waals surface area contributed by atoms with Gasteiger partial charge in [0.05, 0.1) is 6.61 Å². The van der Waals surface area contributed by atoms with E-state index in [0.717, 1.165) is 5.57 Å². The summed E-state index contributed by atoms with van der Waals surface area (Å²) in [5.41, 5.74) is 0.843. The average molecular weight is 111 g/mol. The third kappa shape index (κ3) is 3.41. The molecule has 2 heteroatoms. The highest BCUT2D eigenvalue weighted by Crippen LogP contribution is 1.85. The highest BCUT2D eigenvalue weighted by atomic mass is 16.6. The molecule has 0 fully saturated rings. The Balaban J connectivity index is 3.46. The molecule has 0 atom stereocenters. The number of hydrogen-bond acceptors (Lipinski definition) is 2. The Morgan fingerprint density at radius 2 is 2.62 bits per heavy atom. The molecule has 0 aliphatic carbocycles. The highest BCUT2D eigenvalue weighted by molar-refractivity contribution is 5.22. The number of nitrogens with two attached hydrogens (primary N) is 1. The summed E-state index contributed by atoms with van der Waals surface area (Å²) in [7, 11) is 0. The van der Waals surface area contributed by atoms with E-state index in [1.54, 1.807) is 6.08 Å². The van der Waals surface area contributed by atoms with E-state index in [4.69, 9.17) is 12.3 Å². The second-order valence-electron chi connectivity index (χ2n) is 1.36. The number of hydrogen-bond donors (Lipinski definition) is 1. The quantitative estimate of drug-likeness (QED) is 0.415. The molecule has 0 rings (SSSR count). The van der Waals surface area contributed by atoms with Gasteiger partial charge in [0.1, 0.15) is 0 Å². The molecule has 8 heavy (non-hydrogen) atoms. The van der Waals surface area contributed by atoms with E-state index in [2.05, 4.69) is 10.8 Å². The van der Waals surface area contributed by atoms with Gasteiger partial charge < -0.3 is 4.84 Å². The van der Waals surface area contributed by atoms with Crippen molar-refractivity contribution in [3.8, 4) is 12.3 Å². The van der Waals surface area contributed by atoms with Crippen LogP contribution in [0.15, 0.2) is 11.6 Å². The lowest BCUT2D eigenvalue weighted by Crippen LogP contribution is -1.97. The van der Waals surface area contributed by atoms with Crippen LogP contribution in [0.4, 0.5) is 0 Å². The van der Waals surface area contributed by atoms with E-state index in [0.29, 0.717) is 6.61 Å². The molecule has 0 aromatic rings. The van der Waals surface area contributed by atoms with Crippen LogP contribution in [0.2, 0.25) is 0 Å². The Morgan fingerprint density at radius 3 is 3.00 bits per heavy atom. The molecule has 0 spiro atoms. The molecule has 0 unspecified atom stereocenters. The maximum absolute atomic E-state index is 5.00. The second-order valence-corrected chi connectivity index (χ2v) is 1.36. The van der Waals surface area contributed by atoms with Crippen LogP contribution in [-0.2, 0) is 4.84 Å². The summed E-state index contributed by atoms with van der Waals surface area (Å²) in [6.07, 6.45) is 6.73. The van der Waals surface area contributed by atoms with Crippen molar-refractivity contribution in [1.29, 1.82) is 0 Å². The van der Waals surface area contributed by atoms with Gasteiger partial charge in [-0.2, -0.15) is 0 Å². The first-order valence-corrected chi connectivity index (χ1v) is 2.26. The van der Waals surface area contributed by atoms with Crippen LogP contribution in [0.3, 0.4) is 0 Å². The van der Waals surface area contributed by atoms with Gasteiger partial charge in [0.25, 0.3) is 0 Å². The van der Waals surface area contributed by atoms with Gasteiger partial charge >= 0.3 is 0 Å². The van der Waals surface area contributed by atoms with Crippen LogP contribution >= 0.6 is 0 Å². The summed E-state index contributed by atoms with van der Waals surface area (Å²) >= 11 is 0. The van der Waals surface area contributed by atoms with Crippen LogP contribution < -0.4 is 5.90 Å². The smallest absolute Gasteiger partial charge is 0.0872 e. The molecule has 0 heterocycles. The summed E-state index contributed by atoms with van der Waals surface area (Å²) in [5.74, 6) is 7.14. The molecule has 0 aliphatic rings. The van der Waals surface area contributed by atoms with Crippen molar-refractivity contribution in [2.75, 3.05) is 6.61 Å². The van der Waals surface area contributed by atoms with E-state index >= 15 is 0 Å². The Hall–Kier alpha value is -0.780. The third-order valence-corrected chi connectivity index (χ3v) is 0.713. The molecule has 0 bridgehead atoms. The van der Waals surface area contributed by atoms with E-state index in [9.17, 15) is 0 Å². The molecule has 0 saturated heterocycles.